The van der Waals surface area contributed by atoms with Crippen LogP contribution in [0.25, 0.3) is 0 Å². The van der Waals surface area contributed by atoms with Gasteiger partial charge >= 0.3 is 0 Å². The predicted octanol–water partition coefficient (Wildman–Crippen LogP) is 2.95. The Morgan fingerprint density at radius 2 is 1.56 bits per heavy atom. The molecule has 0 spiro atoms. The summed E-state index contributed by atoms with van der Waals surface area (Å²) in [7, 11) is 0. The molecule has 0 aliphatic carbocycles. The van der Waals surface area contributed by atoms with E-state index in [0.717, 1.165) is 11.3 Å². The summed E-state index contributed by atoms with van der Waals surface area (Å²) >= 11 is 1.72. The summed E-state index contributed by atoms with van der Waals surface area (Å²) in [5, 5.41) is 5.66. The third-order valence-electron chi connectivity index (χ3n) is 3.60. The first kappa shape index (κ1) is 19.1. The van der Waals surface area contributed by atoms with Crippen LogP contribution in [0.1, 0.15) is 17.5 Å². The highest BCUT2D eigenvalue weighted by molar-refractivity contribution is 7.99. The summed E-state index contributed by atoms with van der Waals surface area (Å²) in [4.78, 5) is 24.8. The highest BCUT2D eigenvalue weighted by Gasteiger charge is 2.05. The van der Waals surface area contributed by atoms with Crippen LogP contribution in [-0.4, -0.2) is 30.7 Å². The smallest absolute Gasteiger partial charge is 0.224 e. The maximum absolute atomic E-state index is 11.8. The van der Waals surface area contributed by atoms with Gasteiger partial charge in [-0.1, -0.05) is 48.0 Å². The average molecular weight is 356 g/mol. The molecule has 2 rings (SSSR count). The normalized spacial score (nSPS) is 10.3. The summed E-state index contributed by atoms with van der Waals surface area (Å²) in [5.74, 6) is 0.730. The van der Waals surface area contributed by atoms with E-state index in [0.29, 0.717) is 25.9 Å². The number of thioether (sulfide) groups is 1. The van der Waals surface area contributed by atoms with Crippen molar-refractivity contribution in [3.63, 3.8) is 0 Å². The number of carbonyl (C=O) groups excluding carboxylic acids is 2. The Morgan fingerprint density at radius 1 is 0.880 bits per heavy atom. The first-order valence-corrected chi connectivity index (χ1v) is 9.39. The van der Waals surface area contributed by atoms with Gasteiger partial charge in [0.2, 0.25) is 11.8 Å². The fraction of sp³-hybridized carbons (Fsp3) is 0.300. The van der Waals surface area contributed by atoms with Crippen LogP contribution in [0, 0.1) is 6.92 Å². The molecule has 0 aliphatic rings. The first-order valence-electron chi connectivity index (χ1n) is 8.40. The molecule has 0 saturated heterocycles. The van der Waals surface area contributed by atoms with Crippen LogP contribution in [0.15, 0.2) is 59.5 Å². The number of nitrogens with one attached hydrogen (secondary N) is 2. The van der Waals surface area contributed by atoms with Crippen LogP contribution in [0.4, 0.5) is 0 Å². The fourth-order valence-corrected chi connectivity index (χ4v) is 3.01. The second kappa shape index (κ2) is 10.6. The lowest BCUT2D eigenvalue weighted by Crippen LogP contribution is -2.32. The van der Waals surface area contributed by atoms with E-state index < -0.39 is 0 Å². The molecule has 2 N–H and O–H groups in total. The van der Waals surface area contributed by atoms with E-state index in [-0.39, 0.29) is 11.8 Å². The number of carbonyl (C=O) groups is 2. The maximum Gasteiger partial charge on any atom is 0.224 e. The molecule has 0 atom stereocenters. The van der Waals surface area contributed by atoms with Gasteiger partial charge in [-0.05, 0) is 24.6 Å². The second-order valence-electron chi connectivity index (χ2n) is 5.77. The average Bonchev–Trinajstić information content (AvgIpc) is 2.61. The van der Waals surface area contributed by atoms with Crippen LogP contribution >= 0.6 is 11.8 Å². The van der Waals surface area contributed by atoms with Gasteiger partial charge in [-0.3, -0.25) is 9.59 Å². The summed E-state index contributed by atoms with van der Waals surface area (Å²) in [5.41, 5.74) is 2.21. The summed E-state index contributed by atoms with van der Waals surface area (Å²) in [6.45, 7) is 3.05. The largest absolute Gasteiger partial charge is 0.355 e. The van der Waals surface area contributed by atoms with Crippen molar-refractivity contribution < 1.29 is 9.59 Å². The molecule has 0 aliphatic heterocycles. The Labute approximate surface area is 153 Å². The molecule has 0 saturated carbocycles. The first-order chi connectivity index (χ1) is 12.1. The lowest BCUT2D eigenvalue weighted by Gasteiger charge is -2.07. The van der Waals surface area contributed by atoms with Crippen molar-refractivity contribution in [1.29, 1.82) is 0 Å². The van der Waals surface area contributed by atoms with Crippen LogP contribution in [-0.2, 0) is 16.0 Å². The zero-order chi connectivity index (χ0) is 17.9. The van der Waals surface area contributed by atoms with Crippen molar-refractivity contribution in [3.05, 3.63) is 65.7 Å². The van der Waals surface area contributed by atoms with E-state index >= 15 is 0 Å². The van der Waals surface area contributed by atoms with Gasteiger partial charge in [-0.15, -0.1) is 11.8 Å². The molecule has 0 aromatic heterocycles. The molecule has 0 radical (unpaired) electrons. The number of aryl methyl sites for hydroxylation is 1. The lowest BCUT2D eigenvalue weighted by molar-refractivity contribution is -0.121. The number of benzene rings is 2. The number of rotatable bonds is 9. The van der Waals surface area contributed by atoms with Crippen LogP contribution in [0.5, 0.6) is 0 Å². The molecule has 4 nitrogen and oxygen atoms in total. The highest BCUT2D eigenvalue weighted by Crippen LogP contribution is 2.17. The van der Waals surface area contributed by atoms with Crippen LogP contribution < -0.4 is 10.6 Å². The van der Waals surface area contributed by atoms with Crippen LogP contribution in [0.2, 0.25) is 0 Å². The molecule has 2 aromatic rings. The van der Waals surface area contributed by atoms with Crippen molar-refractivity contribution in [2.45, 2.75) is 24.7 Å². The van der Waals surface area contributed by atoms with Gasteiger partial charge < -0.3 is 10.6 Å². The third kappa shape index (κ3) is 7.90. The predicted molar refractivity (Wildman–Crippen MR) is 103 cm³/mol. The van der Waals surface area contributed by atoms with Crippen molar-refractivity contribution in [3.8, 4) is 0 Å². The zero-order valence-electron chi connectivity index (χ0n) is 14.5. The topological polar surface area (TPSA) is 58.2 Å². The van der Waals surface area contributed by atoms with Gasteiger partial charge in [0.1, 0.15) is 0 Å². The van der Waals surface area contributed by atoms with E-state index in [1.807, 2.05) is 30.3 Å². The Hall–Kier alpha value is -2.27. The van der Waals surface area contributed by atoms with E-state index in [1.54, 1.807) is 11.8 Å². The summed E-state index contributed by atoms with van der Waals surface area (Å²) in [6.07, 6.45) is 0.644. The quantitative estimate of drug-likeness (QED) is 0.536. The molecular weight excluding hydrogens is 332 g/mol. The lowest BCUT2D eigenvalue weighted by atomic mass is 10.1. The minimum Gasteiger partial charge on any atom is -0.355 e. The molecule has 5 heteroatoms. The van der Waals surface area contributed by atoms with Gasteiger partial charge in [0.25, 0.3) is 0 Å². The van der Waals surface area contributed by atoms with E-state index in [9.17, 15) is 9.59 Å². The number of hydrogen-bond donors (Lipinski definition) is 2. The van der Waals surface area contributed by atoms with E-state index in [1.165, 1.54) is 10.5 Å². The fourth-order valence-electron chi connectivity index (χ4n) is 2.24. The minimum absolute atomic E-state index is 0.0375. The Balaban J connectivity index is 1.53. The highest BCUT2D eigenvalue weighted by atomic mass is 32.2. The van der Waals surface area contributed by atoms with Gasteiger partial charge in [0, 0.05) is 30.2 Å². The van der Waals surface area contributed by atoms with Crippen molar-refractivity contribution >= 4 is 23.6 Å². The molecule has 0 bridgehead atoms. The van der Waals surface area contributed by atoms with E-state index in [4.69, 9.17) is 0 Å². The Morgan fingerprint density at radius 3 is 2.28 bits per heavy atom. The molecule has 25 heavy (non-hydrogen) atoms. The zero-order valence-corrected chi connectivity index (χ0v) is 15.3. The van der Waals surface area contributed by atoms with Crippen molar-refractivity contribution in [1.82, 2.24) is 10.6 Å². The molecule has 2 aromatic carbocycles. The maximum atomic E-state index is 11.8. The summed E-state index contributed by atoms with van der Waals surface area (Å²) < 4.78 is 0. The molecular formula is C20H24N2O2S. The molecule has 0 heterocycles. The number of hydrogen-bond acceptors (Lipinski definition) is 3. The standard InChI is InChI=1S/C20H24N2O2S/c1-16-7-9-18(10-8-16)25-14-13-22-19(23)11-12-21-20(24)15-17-5-3-2-4-6-17/h2-10H,11-15H2,1H3,(H,21,24)(H,22,23). The molecule has 0 fully saturated rings. The molecule has 2 amide bonds. The van der Waals surface area contributed by atoms with Gasteiger partial charge in [0.15, 0.2) is 0 Å². The van der Waals surface area contributed by atoms with Gasteiger partial charge in [-0.25, -0.2) is 0 Å². The Bertz CT molecular complexity index is 672. The molecule has 132 valence electrons. The van der Waals surface area contributed by atoms with E-state index in [2.05, 4.69) is 41.8 Å². The second-order valence-corrected chi connectivity index (χ2v) is 6.94. The minimum atomic E-state index is -0.0612. The van der Waals surface area contributed by atoms with Crippen molar-refractivity contribution in [2.24, 2.45) is 0 Å². The summed E-state index contributed by atoms with van der Waals surface area (Å²) in [6, 6.07) is 17.9. The molecule has 0 unspecified atom stereocenters. The van der Waals surface area contributed by atoms with Crippen LogP contribution in [0.3, 0.4) is 0 Å². The van der Waals surface area contributed by atoms with Gasteiger partial charge in [0.05, 0.1) is 6.42 Å². The van der Waals surface area contributed by atoms with Gasteiger partial charge in [-0.2, -0.15) is 0 Å². The van der Waals surface area contributed by atoms with Crippen molar-refractivity contribution in [2.75, 3.05) is 18.8 Å². The Kier molecular flexibility index (Phi) is 8.05. The third-order valence-corrected chi connectivity index (χ3v) is 4.61. The SMILES string of the molecule is Cc1ccc(SCCNC(=O)CCNC(=O)Cc2ccccc2)cc1. The monoisotopic (exact) mass is 356 g/mol. The number of amides is 2.